The zero-order valence-electron chi connectivity index (χ0n) is 15.6. The Morgan fingerprint density at radius 2 is 1.46 bits per heavy atom. The number of carbonyl (C=O) groups excluding carboxylic acids is 2. The third kappa shape index (κ3) is 4.91. The molecule has 1 heterocycles. The zero-order chi connectivity index (χ0) is 19.9. The fourth-order valence-electron chi connectivity index (χ4n) is 2.41. The Hall–Kier alpha value is -3.74. The number of hydrogen-bond donors (Lipinski definition) is 2. The highest BCUT2D eigenvalue weighted by Gasteiger charge is 2.10. The van der Waals surface area contributed by atoms with Crippen LogP contribution in [0.1, 0.15) is 33.5 Å². The first-order valence-electron chi connectivity index (χ1n) is 8.79. The molecule has 0 aliphatic heterocycles. The minimum absolute atomic E-state index is 0.225. The first-order valence-corrected chi connectivity index (χ1v) is 8.79. The Kier molecular flexibility index (Phi) is 5.96. The van der Waals surface area contributed by atoms with Crippen LogP contribution in [-0.4, -0.2) is 28.4 Å². The number of benzene rings is 2. The predicted molar refractivity (Wildman–Crippen MR) is 107 cm³/mol. The number of carbonyl (C=O) groups is 2. The minimum Gasteiger partial charge on any atom is -0.494 e. The summed E-state index contributed by atoms with van der Waals surface area (Å²) in [6.45, 7) is 4.30. The maximum Gasteiger partial charge on any atom is 0.275 e. The Labute approximate surface area is 162 Å². The molecule has 2 amide bonds. The number of hydrogen-bond acceptors (Lipinski definition) is 5. The van der Waals surface area contributed by atoms with Crippen molar-refractivity contribution < 1.29 is 14.3 Å². The van der Waals surface area contributed by atoms with Crippen molar-refractivity contribution in [3.8, 4) is 5.75 Å². The van der Waals surface area contributed by atoms with Crippen molar-refractivity contribution >= 4 is 23.2 Å². The van der Waals surface area contributed by atoms with Crippen LogP contribution in [0.4, 0.5) is 11.4 Å². The first-order chi connectivity index (χ1) is 13.5. The summed E-state index contributed by atoms with van der Waals surface area (Å²) in [5.74, 6) is 0.143. The van der Waals surface area contributed by atoms with Gasteiger partial charge >= 0.3 is 0 Å². The van der Waals surface area contributed by atoms with Crippen molar-refractivity contribution in [3.05, 3.63) is 77.9 Å². The van der Waals surface area contributed by atoms with Crippen molar-refractivity contribution in [1.29, 1.82) is 0 Å². The van der Waals surface area contributed by atoms with Gasteiger partial charge in [0.05, 0.1) is 18.5 Å². The van der Waals surface area contributed by atoms with E-state index in [2.05, 4.69) is 20.6 Å². The number of rotatable bonds is 6. The average Bonchev–Trinajstić information content (AvgIpc) is 2.70. The first kappa shape index (κ1) is 19.0. The van der Waals surface area contributed by atoms with Crippen LogP contribution in [0.5, 0.6) is 5.75 Å². The number of nitrogens with one attached hydrogen (secondary N) is 2. The quantitative estimate of drug-likeness (QED) is 0.684. The van der Waals surface area contributed by atoms with E-state index in [9.17, 15) is 9.59 Å². The molecule has 7 heteroatoms. The fraction of sp³-hybridized carbons (Fsp3) is 0.143. The van der Waals surface area contributed by atoms with Gasteiger partial charge in [0.15, 0.2) is 0 Å². The molecule has 0 bridgehead atoms. The maximum atomic E-state index is 12.4. The van der Waals surface area contributed by atoms with Crippen molar-refractivity contribution in [2.75, 3.05) is 17.2 Å². The summed E-state index contributed by atoms with van der Waals surface area (Å²) in [7, 11) is 0. The molecule has 0 saturated heterocycles. The van der Waals surface area contributed by atoms with Gasteiger partial charge in [0.1, 0.15) is 11.4 Å². The monoisotopic (exact) mass is 376 g/mol. The van der Waals surface area contributed by atoms with Gasteiger partial charge in [-0.2, -0.15) is 0 Å². The number of aromatic nitrogens is 2. The van der Waals surface area contributed by atoms with E-state index >= 15 is 0 Å². The average molecular weight is 376 g/mol. The Balaban J connectivity index is 1.60. The lowest BCUT2D eigenvalue weighted by Gasteiger charge is -2.08. The van der Waals surface area contributed by atoms with Crippen LogP contribution in [0, 0.1) is 6.92 Å². The molecule has 0 spiro atoms. The third-order valence-corrected chi connectivity index (χ3v) is 3.84. The zero-order valence-corrected chi connectivity index (χ0v) is 15.6. The topological polar surface area (TPSA) is 93.2 Å². The highest BCUT2D eigenvalue weighted by atomic mass is 16.5. The van der Waals surface area contributed by atoms with Crippen LogP contribution < -0.4 is 15.4 Å². The van der Waals surface area contributed by atoms with Gasteiger partial charge in [-0.05, 0) is 62.4 Å². The van der Waals surface area contributed by atoms with Crippen LogP contribution >= 0.6 is 0 Å². The van der Waals surface area contributed by atoms with Gasteiger partial charge in [-0.3, -0.25) is 14.6 Å². The van der Waals surface area contributed by atoms with E-state index in [1.807, 2.05) is 6.92 Å². The summed E-state index contributed by atoms with van der Waals surface area (Å²) in [4.78, 5) is 32.6. The lowest BCUT2D eigenvalue weighted by atomic mass is 10.2. The van der Waals surface area contributed by atoms with Crippen molar-refractivity contribution in [2.45, 2.75) is 13.8 Å². The molecule has 0 aliphatic carbocycles. The van der Waals surface area contributed by atoms with E-state index in [0.29, 0.717) is 23.5 Å². The van der Waals surface area contributed by atoms with E-state index in [1.54, 1.807) is 55.5 Å². The fourth-order valence-corrected chi connectivity index (χ4v) is 2.41. The third-order valence-electron chi connectivity index (χ3n) is 3.84. The molecule has 142 valence electrons. The van der Waals surface area contributed by atoms with Crippen molar-refractivity contribution in [3.63, 3.8) is 0 Å². The summed E-state index contributed by atoms with van der Waals surface area (Å²) in [6, 6.07) is 13.7. The lowest BCUT2D eigenvalue weighted by Crippen LogP contribution is -2.15. The summed E-state index contributed by atoms with van der Waals surface area (Å²) in [6.07, 6.45) is 2.95. The van der Waals surface area contributed by atoms with E-state index in [-0.39, 0.29) is 17.5 Å². The summed E-state index contributed by atoms with van der Waals surface area (Å²) < 4.78 is 5.38. The van der Waals surface area contributed by atoms with E-state index in [4.69, 9.17) is 4.74 Å². The van der Waals surface area contributed by atoms with Crippen molar-refractivity contribution in [1.82, 2.24) is 9.97 Å². The molecule has 3 aromatic rings. The van der Waals surface area contributed by atoms with E-state index < -0.39 is 0 Å². The van der Waals surface area contributed by atoms with Gasteiger partial charge in [-0.1, -0.05) is 0 Å². The second kappa shape index (κ2) is 8.77. The molecule has 1 aromatic heterocycles. The van der Waals surface area contributed by atoms with Crippen LogP contribution in [0.15, 0.2) is 60.9 Å². The molecular formula is C21H20N4O3. The molecule has 3 rings (SSSR count). The highest BCUT2D eigenvalue weighted by molar-refractivity contribution is 6.05. The largest absolute Gasteiger partial charge is 0.494 e. The summed E-state index contributed by atoms with van der Waals surface area (Å²) >= 11 is 0. The molecule has 0 aliphatic rings. The molecule has 0 unspecified atom stereocenters. The molecule has 0 saturated carbocycles. The molecule has 2 N–H and O–H groups in total. The molecular weight excluding hydrogens is 356 g/mol. The van der Waals surface area contributed by atoms with Gasteiger partial charge < -0.3 is 15.4 Å². The van der Waals surface area contributed by atoms with Crippen LogP contribution in [0.3, 0.4) is 0 Å². The van der Waals surface area contributed by atoms with Crippen LogP contribution in [0.2, 0.25) is 0 Å². The molecule has 0 radical (unpaired) electrons. The van der Waals surface area contributed by atoms with Crippen LogP contribution in [0.25, 0.3) is 0 Å². The second-order valence-corrected chi connectivity index (χ2v) is 5.99. The van der Waals surface area contributed by atoms with Gasteiger partial charge in [0, 0.05) is 23.1 Å². The van der Waals surface area contributed by atoms with Gasteiger partial charge in [0.2, 0.25) is 0 Å². The smallest absolute Gasteiger partial charge is 0.275 e. The SMILES string of the molecule is CCOc1ccc(NC(=O)c2ccc(NC(=O)c3cnc(C)cn3)cc2)cc1. The Morgan fingerprint density at radius 3 is 2.04 bits per heavy atom. The summed E-state index contributed by atoms with van der Waals surface area (Å²) in [5.41, 5.74) is 2.66. The normalized spacial score (nSPS) is 10.2. The Morgan fingerprint density at radius 1 is 0.857 bits per heavy atom. The van der Waals surface area contributed by atoms with Gasteiger partial charge in [-0.25, -0.2) is 4.98 Å². The maximum absolute atomic E-state index is 12.4. The minimum atomic E-state index is -0.362. The molecule has 7 nitrogen and oxygen atoms in total. The Bertz CT molecular complexity index is 952. The second-order valence-electron chi connectivity index (χ2n) is 5.99. The molecule has 0 atom stereocenters. The van der Waals surface area contributed by atoms with E-state index in [0.717, 1.165) is 11.4 Å². The van der Waals surface area contributed by atoms with Gasteiger partial charge in [-0.15, -0.1) is 0 Å². The number of nitrogens with zero attached hydrogens (tertiary/aromatic N) is 2. The molecule has 0 fully saturated rings. The van der Waals surface area contributed by atoms with Gasteiger partial charge in [0.25, 0.3) is 11.8 Å². The lowest BCUT2D eigenvalue weighted by molar-refractivity contribution is 0.101. The number of aryl methyl sites for hydroxylation is 1. The standard InChI is InChI=1S/C21H20N4O3/c1-3-28-18-10-8-17(9-11-18)24-20(26)15-4-6-16(7-5-15)25-21(27)19-13-22-14(2)12-23-19/h4-13H,3H2,1-2H3,(H,24,26)(H,25,27). The predicted octanol–water partition coefficient (Wildman–Crippen LogP) is 3.69. The highest BCUT2D eigenvalue weighted by Crippen LogP contribution is 2.17. The van der Waals surface area contributed by atoms with E-state index in [1.165, 1.54) is 12.4 Å². The van der Waals surface area contributed by atoms with Crippen LogP contribution in [-0.2, 0) is 0 Å². The van der Waals surface area contributed by atoms with Crippen molar-refractivity contribution in [2.24, 2.45) is 0 Å². The number of ether oxygens (including phenoxy) is 1. The number of anilines is 2. The molecule has 28 heavy (non-hydrogen) atoms. The number of amides is 2. The summed E-state index contributed by atoms with van der Waals surface area (Å²) in [5, 5.41) is 5.54. The molecule has 2 aromatic carbocycles.